The van der Waals surface area contributed by atoms with E-state index >= 15 is 0 Å². The summed E-state index contributed by atoms with van der Waals surface area (Å²) in [7, 11) is 0. The lowest BCUT2D eigenvalue weighted by molar-refractivity contribution is 0.629. The molecule has 2 N–H and O–H groups in total. The number of nitrogens with zero attached hydrogens (tertiary/aromatic N) is 1. The molecule has 3 atom stereocenters. The Bertz CT molecular complexity index is 2490. The van der Waals surface area contributed by atoms with Crippen molar-refractivity contribution in [3.8, 4) is 28.3 Å². The van der Waals surface area contributed by atoms with Gasteiger partial charge in [0.25, 0.3) is 0 Å². The Hall–Kier alpha value is -6.53. The first-order chi connectivity index (χ1) is 26.6. The predicted octanol–water partition coefficient (Wildman–Crippen LogP) is 12.0. The van der Waals surface area contributed by atoms with E-state index in [-0.39, 0.29) is 17.9 Å². The second-order valence-electron chi connectivity index (χ2n) is 14.4. The Balaban J connectivity index is 1.18. The Morgan fingerprint density at radius 2 is 1.02 bits per heavy atom. The molecule has 2 nitrogen and oxygen atoms in total. The van der Waals surface area contributed by atoms with E-state index in [1.165, 1.54) is 55.6 Å². The molecule has 0 amide bonds. The smallest absolute Gasteiger partial charge is 0.0713 e. The number of benzene rings is 7. The van der Waals surface area contributed by atoms with E-state index < -0.39 is 5.41 Å². The summed E-state index contributed by atoms with van der Waals surface area (Å²) < 4.78 is 0. The Labute approximate surface area is 318 Å². The minimum atomic E-state index is -0.534. The van der Waals surface area contributed by atoms with Crippen molar-refractivity contribution in [2.75, 3.05) is 0 Å². The van der Waals surface area contributed by atoms with E-state index in [9.17, 15) is 5.26 Å². The first kappa shape index (κ1) is 33.3. The van der Waals surface area contributed by atoms with Crippen molar-refractivity contribution in [3.05, 3.63) is 245 Å². The number of hydrogen-bond acceptors (Lipinski definition) is 2. The van der Waals surface area contributed by atoms with Gasteiger partial charge in [0.1, 0.15) is 0 Å². The standard InChI is InChI=1S/C52H40N2/c53-35-36-21-23-37(24-22-36)42-29-31-46-47-32-30-43(34-49(47)52(48(46)33-42,44-17-9-3-10-18-44)45-19-11-4-12-20-45)38-25-27-40(28-26-38)50(39-13-5-1-6-14-39)51(54)41-15-7-2-8-16-41/h1-21,23-34,36,50-51H,22,54H2. The third-order valence-corrected chi connectivity index (χ3v) is 11.5. The zero-order valence-corrected chi connectivity index (χ0v) is 30.0. The highest BCUT2D eigenvalue weighted by Crippen LogP contribution is 2.57. The Morgan fingerprint density at radius 3 is 1.56 bits per heavy atom. The van der Waals surface area contributed by atoms with Crippen LogP contribution in [0, 0.1) is 17.2 Å². The van der Waals surface area contributed by atoms with Crippen LogP contribution in [-0.4, -0.2) is 0 Å². The average Bonchev–Trinajstić information content (AvgIpc) is 3.55. The molecule has 0 spiro atoms. The lowest BCUT2D eigenvalue weighted by Gasteiger charge is -2.34. The van der Waals surface area contributed by atoms with Gasteiger partial charge in [0, 0.05) is 12.0 Å². The van der Waals surface area contributed by atoms with E-state index in [0.717, 1.165) is 23.1 Å². The van der Waals surface area contributed by atoms with Gasteiger partial charge in [-0.25, -0.2) is 0 Å². The number of hydrogen-bond donors (Lipinski definition) is 1. The summed E-state index contributed by atoms with van der Waals surface area (Å²) in [5.41, 5.74) is 22.2. The lowest BCUT2D eigenvalue weighted by Crippen LogP contribution is -2.28. The third kappa shape index (κ3) is 5.71. The van der Waals surface area contributed by atoms with E-state index in [4.69, 9.17) is 5.73 Å². The summed E-state index contributed by atoms with van der Waals surface area (Å²) in [6, 6.07) is 68.1. The zero-order chi connectivity index (χ0) is 36.5. The number of nitriles is 1. The highest BCUT2D eigenvalue weighted by molar-refractivity contribution is 5.90. The molecule has 0 aromatic heterocycles. The van der Waals surface area contributed by atoms with Crippen LogP contribution in [0.15, 0.2) is 200 Å². The maximum Gasteiger partial charge on any atom is 0.0713 e. The van der Waals surface area contributed by atoms with Crippen LogP contribution < -0.4 is 5.73 Å². The van der Waals surface area contributed by atoms with Gasteiger partial charge in [-0.2, -0.15) is 5.26 Å². The van der Waals surface area contributed by atoms with Crippen molar-refractivity contribution in [1.82, 2.24) is 0 Å². The highest BCUT2D eigenvalue weighted by Gasteiger charge is 2.46. The van der Waals surface area contributed by atoms with Crippen LogP contribution in [0.3, 0.4) is 0 Å². The molecule has 9 rings (SSSR count). The minimum Gasteiger partial charge on any atom is -0.323 e. The summed E-state index contributed by atoms with van der Waals surface area (Å²) >= 11 is 0. The number of allylic oxidation sites excluding steroid dienone is 4. The quantitative estimate of drug-likeness (QED) is 0.172. The molecule has 0 heterocycles. The fourth-order valence-corrected chi connectivity index (χ4v) is 8.80. The van der Waals surface area contributed by atoms with Crippen LogP contribution in [0.4, 0.5) is 0 Å². The molecule has 2 aliphatic rings. The molecular weight excluding hydrogens is 653 g/mol. The van der Waals surface area contributed by atoms with Crippen molar-refractivity contribution in [2.24, 2.45) is 11.7 Å². The molecule has 54 heavy (non-hydrogen) atoms. The summed E-state index contributed by atoms with van der Waals surface area (Å²) in [4.78, 5) is 0. The summed E-state index contributed by atoms with van der Waals surface area (Å²) in [5.74, 6) is -0.0624. The molecule has 2 heteroatoms. The molecule has 258 valence electrons. The van der Waals surface area contributed by atoms with Gasteiger partial charge in [0.2, 0.25) is 0 Å². The Kier molecular flexibility index (Phi) is 8.72. The minimum absolute atomic E-state index is 0.00934. The van der Waals surface area contributed by atoms with Crippen LogP contribution in [0.25, 0.3) is 27.8 Å². The molecule has 7 aromatic carbocycles. The molecular formula is C52H40N2. The van der Waals surface area contributed by atoms with Gasteiger partial charge >= 0.3 is 0 Å². The number of nitrogens with two attached hydrogens (primary N) is 1. The summed E-state index contributed by atoms with van der Waals surface area (Å²) in [6.45, 7) is 0. The van der Waals surface area contributed by atoms with Gasteiger partial charge in [0.15, 0.2) is 0 Å². The van der Waals surface area contributed by atoms with Crippen LogP contribution in [0.1, 0.15) is 62.9 Å². The van der Waals surface area contributed by atoms with Crippen LogP contribution >= 0.6 is 0 Å². The second-order valence-corrected chi connectivity index (χ2v) is 14.4. The molecule has 0 fully saturated rings. The van der Waals surface area contributed by atoms with Gasteiger partial charge in [-0.05, 0) is 90.9 Å². The van der Waals surface area contributed by atoms with Gasteiger partial charge in [-0.15, -0.1) is 0 Å². The monoisotopic (exact) mass is 692 g/mol. The molecule has 0 aliphatic heterocycles. The lowest BCUT2D eigenvalue weighted by atomic mass is 9.67. The van der Waals surface area contributed by atoms with E-state index in [1.54, 1.807) is 0 Å². The molecule has 2 aliphatic carbocycles. The van der Waals surface area contributed by atoms with Crippen molar-refractivity contribution in [1.29, 1.82) is 5.26 Å². The topological polar surface area (TPSA) is 49.8 Å². The molecule has 0 bridgehead atoms. The SMILES string of the molecule is N#CC1C=CC(c2ccc3c(c2)C(c2ccccc2)(c2ccccc2)c2cc(-c4ccc(C(c5ccccc5)C(N)c5ccccc5)cc4)ccc2-3)=CC1. The molecule has 0 saturated carbocycles. The zero-order valence-electron chi connectivity index (χ0n) is 30.0. The maximum atomic E-state index is 9.51. The fraction of sp³-hybridized carbons (Fsp3) is 0.0962. The van der Waals surface area contributed by atoms with Crippen molar-refractivity contribution < 1.29 is 0 Å². The first-order valence-corrected chi connectivity index (χ1v) is 18.8. The summed E-state index contributed by atoms with van der Waals surface area (Å²) in [6.07, 6.45) is 7.09. The largest absolute Gasteiger partial charge is 0.323 e. The fourth-order valence-electron chi connectivity index (χ4n) is 8.80. The van der Waals surface area contributed by atoms with Crippen molar-refractivity contribution >= 4 is 5.57 Å². The summed E-state index contributed by atoms with van der Waals surface area (Å²) in [5, 5.41) is 9.51. The molecule has 3 unspecified atom stereocenters. The molecule has 0 radical (unpaired) electrons. The predicted molar refractivity (Wildman–Crippen MR) is 222 cm³/mol. The van der Waals surface area contributed by atoms with Crippen molar-refractivity contribution in [3.63, 3.8) is 0 Å². The van der Waals surface area contributed by atoms with Crippen molar-refractivity contribution in [2.45, 2.75) is 23.8 Å². The number of fused-ring (bicyclic) bond motifs is 3. The van der Waals surface area contributed by atoms with Crippen LogP contribution in [-0.2, 0) is 5.41 Å². The average molecular weight is 693 g/mol. The molecule has 0 saturated heterocycles. The van der Waals surface area contributed by atoms with E-state index in [0.29, 0.717) is 0 Å². The van der Waals surface area contributed by atoms with Gasteiger partial charge in [0.05, 0.1) is 17.4 Å². The van der Waals surface area contributed by atoms with Gasteiger partial charge in [-0.1, -0.05) is 188 Å². The van der Waals surface area contributed by atoms with E-state index in [1.807, 2.05) is 12.1 Å². The maximum absolute atomic E-state index is 9.51. The van der Waals surface area contributed by atoms with E-state index in [2.05, 4.69) is 194 Å². The van der Waals surface area contributed by atoms with Gasteiger partial charge in [-0.3, -0.25) is 0 Å². The highest BCUT2D eigenvalue weighted by atomic mass is 14.7. The Morgan fingerprint density at radius 1 is 0.537 bits per heavy atom. The van der Waals surface area contributed by atoms with Crippen LogP contribution in [0.2, 0.25) is 0 Å². The number of rotatable bonds is 8. The first-order valence-electron chi connectivity index (χ1n) is 18.8. The van der Waals surface area contributed by atoms with Gasteiger partial charge < -0.3 is 5.73 Å². The third-order valence-electron chi connectivity index (χ3n) is 11.5. The normalized spacial score (nSPS) is 16.4. The second kappa shape index (κ2) is 14.1. The molecule has 7 aromatic rings. The van der Waals surface area contributed by atoms with Crippen LogP contribution in [0.5, 0.6) is 0 Å².